The lowest BCUT2D eigenvalue weighted by molar-refractivity contribution is 0.0696. The van der Waals surface area contributed by atoms with Crippen molar-refractivity contribution in [3.8, 4) is 11.5 Å². The molecule has 0 fully saturated rings. The average molecular weight is 382 g/mol. The second kappa shape index (κ2) is 8.63. The van der Waals surface area contributed by atoms with E-state index in [0.29, 0.717) is 5.56 Å². The zero-order chi connectivity index (χ0) is 19.9. The molecule has 0 aliphatic carbocycles. The van der Waals surface area contributed by atoms with Gasteiger partial charge in [-0.05, 0) is 48.0 Å². The number of methoxy groups -OCH3 is 1. The van der Waals surface area contributed by atoms with E-state index in [0.717, 1.165) is 0 Å². The minimum Gasteiger partial charge on any atom is -0.493 e. The Morgan fingerprint density at radius 3 is 2.64 bits per heavy atom. The van der Waals surface area contributed by atoms with Gasteiger partial charge in [0.1, 0.15) is 5.82 Å². The molecule has 1 heterocycles. The third kappa shape index (κ3) is 4.42. The van der Waals surface area contributed by atoms with E-state index >= 15 is 0 Å². The summed E-state index contributed by atoms with van der Waals surface area (Å²) in [6, 6.07) is 13.3. The van der Waals surface area contributed by atoms with Crippen LogP contribution >= 0.6 is 0 Å². The highest BCUT2D eigenvalue weighted by Crippen LogP contribution is 2.28. The summed E-state index contributed by atoms with van der Waals surface area (Å²) >= 11 is 0. The number of carbonyl (C=O) groups is 2. The molecule has 0 unspecified atom stereocenters. The minimum absolute atomic E-state index is 0.0588. The quantitative estimate of drug-likeness (QED) is 0.305. The van der Waals surface area contributed by atoms with E-state index in [1.165, 1.54) is 49.9 Å². The molecule has 3 rings (SSSR count). The first kappa shape index (κ1) is 18.8. The number of amides is 1. The SMILES string of the molecule is COc1cc(/C=N\NC(=O)c2ccccc2F)ccc1OC(=O)c1ccco1. The second-order valence-corrected chi connectivity index (χ2v) is 5.46. The molecule has 1 N–H and O–H groups in total. The monoisotopic (exact) mass is 382 g/mol. The van der Waals surface area contributed by atoms with Crippen molar-refractivity contribution in [1.29, 1.82) is 0 Å². The van der Waals surface area contributed by atoms with Gasteiger partial charge in [0, 0.05) is 0 Å². The van der Waals surface area contributed by atoms with Crippen LogP contribution in [0.1, 0.15) is 26.5 Å². The number of furan rings is 1. The fraction of sp³-hybridized carbons (Fsp3) is 0.0500. The Hall–Kier alpha value is -3.94. The Morgan fingerprint density at radius 1 is 1.11 bits per heavy atom. The molecule has 8 heteroatoms. The lowest BCUT2D eigenvalue weighted by atomic mass is 10.2. The molecule has 28 heavy (non-hydrogen) atoms. The molecule has 0 atom stereocenters. The molecule has 0 bridgehead atoms. The van der Waals surface area contributed by atoms with E-state index in [2.05, 4.69) is 10.5 Å². The second-order valence-electron chi connectivity index (χ2n) is 5.46. The highest BCUT2D eigenvalue weighted by molar-refractivity contribution is 5.95. The number of esters is 1. The highest BCUT2D eigenvalue weighted by Gasteiger charge is 2.15. The summed E-state index contributed by atoms with van der Waals surface area (Å²) in [5.74, 6) is -1.45. The van der Waals surface area contributed by atoms with Crippen LogP contribution in [0.25, 0.3) is 0 Å². The maximum absolute atomic E-state index is 13.6. The van der Waals surface area contributed by atoms with Gasteiger partial charge in [-0.25, -0.2) is 14.6 Å². The van der Waals surface area contributed by atoms with Gasteiger partial charge in [0.2, 0.25) is 5.76 Å². The van der Waals surface area contributed by atoms with Gasteiger partial charge in [-0.1, -0.05) is 12.1 Å². The van der Waals surface area contributed by atoms with Crippen molar-refractivity contribution in [1.82, 2.24) is 5.43 Å². The lowest BCUT2D eigenvalue weighted by Crippen LogP contribution is -2.18. The molecule has 1 aromatic heterocycles. The number of hydrazone groups is 1. The summed E-state index contributed by atoms with van der Waals surface area (Å²) in [5, 5.41) is 3.80. The van der Waals surface area contributed by atoms with Gasteiger partial charge in [0.15, 0.2) is 11.5 Å². The van der Waals surface area contributed by atoms with Crippen molar-refractivity contribution in [2.45, 2.75) is 0 Å². The normalized spacial score (nSPS) is 10.6. The largest absolute Gasteiger partial charge is 0.493 e. The van der Waals surface area contributed by atoms with Crippen LogP contribution in [0.15, 0.2) is 70.4 Å². The first-order valence-corrected chi connectivity index (χ1v) is 8.10. The smallest absolute Gasteiger partial charge is 0.379 e. The first-order chi connectivity index (χ1) is 13.6. The predicted octanol–water partition coefficient (Wildman–Crippen LogP) is 3.41. The van der Waals surface area contributed by atoms with E-state index < -0.39 is 17.7 Å². The number of carbonyl (C=O) groups excluding carboxylic acids is 2. The third-order valence-electron chi connectivity index (χ3n) is 3.61. The molecule has 0 saturated carbocycles. The molecule has 2 aromatic carbocycles. The van der Waals surface area contributed by atoms with Crippen LogP contribution in [0.2, 0.25) is 0 Å². The number of rotatable bonds is 6. The Kier molecular flexibility index (Phi) is 5.81. The van der Waals surface area contributed by atoms with Crippen molar-refractivity contribution in [3.05, 3.63) is 83.6 Å². The number of benzene rings is 2. The van der Waals surface area contributed by atoms with Crippen LogP contribution in [0.4, 0.5) is 4.39 Å². The summed E-state index contributed by atoms with van der Waals surface area (Å²) in [7, 11) is 1.42. The van der Waals surface area contributed by atoms with Crippen molar-refractivity contribution < 1.29 is 27.9 Å². The van der Waals surface area contributed by atoms with Crippen LogP contribution in [0.5, 0.6) is 11.5 Å². The van der Waals surface area contributed by atoms with Gasteiger partial charge in [-0.2, -0.15) is 5.10 Å². The number of ether oxygens (including phenoxy) is 2. The zero-order valence-electron chi connectivity index (χ0n) is 14.7. The van der Waals surface area contributed by atoms with Gasteiger partial charge in [0.25, 0.3) is 5.91 Å². The van der Waals surface area contributed by atoms with Gasteiger partial charge < -0.3 is 13.9 Å². The molecule has 0 aliphatic rings. The summed E-state index contributed by atoms with van der Waals surface area (Å²) < 4.78 is 29.0. The highest BCUT2D eigenvalue weighted by atomic mass is 19.1. The molecule has 0 radical (unpaired) electrons. The lowest BCUT2D eigenvalue weighted by Gasteiger charge is -2.09. The third-order valence-corrected chi connectivity index (χ3v) is 3.61. The Morgan fingerprint density at radius 2 is 1.93 bits per heavy atom. The molecule has 0 saturated heterocycles. The summed E-state index contributed by atoms with van der Waals surface area (Å²) in [5.41, 5.74) is 2.69. The number of hydrogen-bond donors (Lipinski definition) is 1. The Balaban J connectivity index is 1.68. The Labute approximate surface area is 159 Å². The summed E-state index contributed by atoms with van der Waals surface area (Å²) in [6.45, 7) is 0. The Bertz CT molecular complexity index is 1020. The molecule has 7 nitrogen and oxygen atoms in total. The molecule has 3 aromatic rings. The van der Waals surface area contributed by atoms with Crippen LogP contribution in [-0.2, 0) is 0 Å². The molecule has 0 aliphatic heterocycles. The van der Waals surface area contributed by atoms with E-state index in [1.807, 2.05) is 0 Å². The van der Waals surface area contributed by atoms with E-state index in [1.54, 1.807) is 24.3 Å². The molecular weight excluding hydrogens is 367 g/mol. The van der Waals surface area contributed by atoms with Crippen molar-refractivity contribution in [3.63, 3.8) is 0 Å². The average Bonchev–Trinajstić information content (AvgIpc) is 3.24. The molecule has 0 spiro atoms. The van der Waals surface area contributed by atoms with Crippen LogP contribution < -0.4 is 14.9 Å². The zero-order valence-corrected chi connectivity index (χ0v) is 14.7. The topological polar surface area (TPSA) is 90.1 Å². The van der Waals surface area contributed by atoms with Crippen LogP contribution in [-0.4, -0.2) is 25.2 Å². The van der Waals surface area contributed by atoms with E-state index in [4.69, 9.17) is 13.9 Å². The van der Waals surface area contributed by atoms with E-state index in [-0.39, 0.29) is 22.8 Å². The van der Waals surface area contributed by atoms with Crippen molar-refractivity contribution in [2.75, 3.05) is 7.11 Å². The van der Waals surface area contributed by atoms with Crippen molar-refractivity contribution in [2.24, 2.45) is 5.10 Å². The maximum atomic E-state index is 13.6. The van der Waals surface area contributed by atoms with Crippen molar-refractivity contribution >= 4 is 18.1 Å². The molecule has 142 valence electrons. The number of halogens is 1. The van der Waals surface area contributed by atoms with Crippen LogP contribution in [0, 0.1) is 5.82 Å². The number of nitrogens with one attached hydrogen (secondary N) is 1. The minimum atomic E-state index is -0.676. The molecule has 1 amide bonds. The van der Waals surface area contributed by atoms with Gasteiger partial charge in [-0.15, -0.1) is 0 Å². The maximum Gasteiger partial charge on any atom is 0.379 e. The number of hydrogen-bond acceptors (Lipinski definition) is 6. The van der Waals surface area contributed by atoms with Gasteiger partial charge >= 0.3 is 5.97 Å². The summed E-state index contributed by atoms with van der Waals surface area (Å²) in [6.07, 6.45) is 2.71. The first-order valence-electron chi connectivity index (χ1n) is 8.10. The van der Waals surface area contributed by atoms with Gasteiger partial charge in [-0.3, -0.25) is 4.79 Å². The van der Waals surface area contributed by atoms with Crippen LogP contribution in [0.3, 0.4) is 0 Å². The molecular formula is C20H15FN2O5. The fourth-order valence-electron chi connectivity index (χ4n) is 2.26. The number of nitrogens with zero attached hydrogens (tertiary/aromatic N) is 1. The van der Waals surface area contributed by atoms with E-state index in [9.17, 15) is 14.0 Å². The predicted molar refractivity (Wildman–Crippen MR) is 98.1 cm³/mol. The standard InChI is InChI=1S/C20H15FN2O5/c1-26-18-11-13(8-9-16(18)28-20(25)17-7-4-10-27-17)12-22-23-19(24)14-5-2-3-6-15(14)21/h2-12H,1H3,(H,23,24)/b22-12-. The summed E-state index contributed by atoms with van der Waals surface area (Å²) in [4.78, 5) is 23.9. The fourth-order valence-corrected chi connectivity index (χ4v) is 2.26. The van der Waals surface area contributed by atoms with Gasteiger partial charge in [0.05, 0.1) is 25.2 Å².